The van der Waals surface area contributed by atoms with Crippen LogP contribution in [0.25, 0.3) is 0 Å². The third kappa shape index (κ3) is 5.40. The third-order valence-electron chi connectivity index (χ3n) is 3.62. The number of para-hydroxylation sites is 1. The maximum Gasteiger partial charge on any atom is 0.240 e. The lowest BCUT2D eigenvalue weighted by Crippen LogP contribution is -2.42. The number of ketones is 1. The van der Waals surface area contributed by atoms with Crippen molar-refractivity contribution < 1.29 is 22.7 Å². The molecule has 138 valence electrons. The molecule has 2 aromatic carbocycles. The van der Waals surface area contributed by atoms with E-state index in [-0.39, 0.29) is 4.90 Å². The van der Waals surface area contributed by atoms with Crippen molar-refractivity contribution in [3.8, 4) is 11.5 Å². The molecule has 0 fully saturated rings. The molecule has 0 bridgehead atoms. The fraction of sp³-hybridized carbons (Fsp3) is 0.222. The molecule has 1 amide bonds. The van der Waals surface area contributed by atoms with Crippen LogP contribution in [0.4, 0.5) is 0 Å². The topological polar surface area (TPSA) is 102 Å². The quantitative estimate of drug-likeness (QED) is 0.616. The monoisotopic (exact) mass is 376 g/mol. The molecule has 2 rings (SSSR count). The van der Waals surface area contributed by atoms with Crippen LogP contribution < -0.4 is 14.8 Å². The SMILES string of the molecule is CC[C@H](NC=O)C(=O)CNS(=O)(=O)c1ccc(Oc2ccccc2)cc1. The highest BCUT2D eigenvalue weighted by molar-refractivity contribution is 7.89. The van der Waals surface area contributed by atoms with Crippen LogP contribution in [0, 0.1) is 0 Å². The van der Waals surface area contributed by atoms with E-state index in [2.05, 4.69) is 10.0 Å². The van der Waals surface area contributed by atoms with Gasteiger partial charge in [0.05, 0.1) is 17.5 Å². The first-order valence-corrected chi connectivity index (χ1v) is 9.49. The molecule has 8 heteroatoms. The molecular formula is C18H20N2O5S. The number of carbonyl (C=O) groups is 2. The van der Waals surface area contributed by atoms with Crippen LogP contribution in [-0.2, 0) is 19.6 Å². The maximum atomic E-state index is 12.3. The Morgan fingerprint density at radius 2 is 1.69 bits per heavy atom. The molecule has 0 aromatic heterocycles. The van der Waals surface area contributed by atoms with Gasteiger partial charge in [0, 0.05) is 0 Å². The number of benzene rings is 2. The van der Waals surface area contributed by atoms with E-state index in [0.29, 0.717) is 24.3 Å². The molecule has 7 nitrogen and oxygen atoms in total. The molecule has 0 aliphatic heterocycles. The average Bonchev–Trinajstić information content (AvgIpc) is 2.65. The van der Waals surface area contributed by atoms with Crippen LogP contribution in [0.15, 0.2) is 59.5 Å². The Labute approximate surface area is 152 Å². The highest BCUT2D eigenvalue weighted by Crippen LogP contribution is 2.22. The summed E-state index contributed by atoms with van der Waals surface area (Å²) in [7, 11) is -3.84. The molecule has 0 saturated carbocycles. The summed E-state index contributed by atoms with van der Waals surface area (Å²) < 4.78 is 32.4. The summed E-state index contributed by atoms with van der Waals surface area (Å²) in [6.07, 6.45) is 0.802. The fourth-order valence-corrected chi connectivity index (χ4v) is 3.20. The highest BCUT2D eigenvalue weighted by Gasteiger charge is 2.20. The van der Waals surface area contributed by atoms with Gasteiger partial charge in [0.25, 0.3) is 0 Å². The summed E-state index contributed by atoms with van der Waals surface area (Å²) >= 11 is 0. The Morgan fingerprint density at radius 1 is 1.08 bits per heavy atom. The second-order valence-electron chi connectivity index (χ2n) is 5.42. The Morgan fingerprint density at radius 3 is 2.27 bits per heavy atom. The largest absolute Gasteiger partial charge is 0.457 e. The van der Waals surface area contributed by atoms with Crippen LogP contribution in [-0.4, -0.2) is 33.2 Å². The minimum Gasteiger partial charge on any atom is -0.457 e. The van der Waals surface area contributed by atoms with Crippen LogP contribution in [0.2, 0.25) is 0 Å². The van der Waals surface area contributed by atoms with Crippen LogP contribution in [0.1, 0.15) is 13.3 Å². The van der Waals surface area contributed by atoms with Gasteiger partial charge in [-0.1, -0.05) is 25.1 Å². The fourth-order valence-electron chi connectivity index (χ4n) is 2.20. The van der Waals surface area contributed by atoms with Crippen LogP contribution in [0.3, 0.4) is 0 Å². The van der Waals surface area contributed by atoms with Crippen molar-refractivity contribution in [2.75, 3.05) is 6.54 Å². The minimum atomic E-state index is -3.84. The van der Waals surface area contributed by atoms with Gasteiger partial charge >= 0.3 is 0 Å². The van der Waals surface area contributed by atoms with Crippen LogP contribution >= 0.6 is 0 Å². The maximum absolute atomic E-state index is 12.3. The lowest BCUT2D eigenvalue weighted by atomic mass is 10.1. The lowest BCUT2D eigenvalue weighted by molar-refractivity contribution is -0.122. The van der Waals surface area contributed by atoms with Gasteiger partial charge in [-0.2, -0.15) is 0 Å². The van der Waals surface area contributed by atoms with Crippen molar-refractivity contribution in [2.24, 2.45) is 0 Å². The molecule has 2 N–H and O–H groups in total. The van der Waals surface area contributed by atoms with Crippen molar-refractivity contribution in [1.29, 1.82) is 0 Å². The molecule has 0 spiro atoms. The number of Topliss-reactive ketones (excluding diaryl/α,β-unsaturated/α-hetero) is 1. The van der Waals surface area contributed by atoms with E-state index in [0.717, 1.165) is 0 Å². The Hall–Kier alpha value is -2.71. The van der Waals surface area contributed by atoms with E-state index in [1.165, 1.54) is 24.3 Å². The number of carbonyl (C=O) groups excluding carboxylic acids is 2. The van der Waals surface area contributed by atoms with Gasteiger partial charge in [-0.15, -0.1) is 0 Å². The molecule has 2 aromatic rings. The Balaban J connectivity index is 2.00. The smallest absolute Gasteiger partial charge is 0.240 e. The average molecular weight is 376 g/mol. The van der Waals surface area contributed by atoms with E-state index < -0.39 is 28.4 Å². The van der Waals surface area contributed by atoms with Crippen molar-refractivity contribution in [3.63, 3.8) is 0 Å². The van der Waals surface area contributed by atoms with Crippen molar-refractivity contribution in [3.05, 3.63) is 54.6 Å². The summed E-state index contributed by atoms with van der Waals surface area (Å²) in [5, 5.41) is 2.36. The van der Waals surface area contributed by atoms with Crippen molar-refractivity contribution >= 4 is 22.2 Å². The summed E-state index contributed by atoms with van der Waals surface area (Å²) in [6, 6.07) is 14.2. The molecule has 0 aliphatic rings. The van der Waals surface area contributed by atoms with Gasteiger partial charge in [-0.05, 0) is 42.8 Å². The van der Waals surface area contributed by atoms with Crippen LogP contribution in [0.5, 0.6) is 11.5 Å². The zero-order chi connectivity index (χ0) is 19.0. The van der Waals surface area contributed by atoms with Gasteiger partial charge in [0.15, 0.2) is 5.78 Å². The zero-order valence-corrected chi connectivity index (χ0v) is 15.0. The summed E-state index contributed by atoms with van der Waals surface area (Å²) in [5.74, 6) is 0.722. The Bertz CT molecular complexity index is 836. The summed E-state index contributed by atoms with van der Waals surface area (Å²) in [5.41, 5.74) is 0. The Kier molecular flexibility index (Phi) is 6.88. The van der Waals surface area contributed by atoms with Crippen molar-refractivity contribution in [1.82, 2.24) is 10.0 Å². The third-order valence-corrected chi connectivity index (χ3v) is 5.03. The minimum absolute atomic E-state index is 0.0158. The zero-order valence-electron chi connectivity index (χ0n) is 14.2. The van der Waals surface area contributed by atoms with E-state index in [1.807, 2.05) is 18.2 Å². The van der Waals surface area contributed by atoms with Gasteiger partial charge in [0.2, 0.25) is 16.4 Å². The first kappa shape index (κ1) is 19.6. The summed E-state index contributed by atoms with van der Waals surface area (Å²) in [6.45, 7) is 1.32. The van der Waals surface area contributed by atoms with Gasteiger partial charge in [-0.25, -0.2) is 13.1 Å². The molecule has 0 saturated heterocycles. The highest BCUT2D eigenvalue weighted by atomic mass is 32.2. The second kappa shape index (κ2) is 9.12. The van der Waals surface area contributed by atoms with Crippen molar-refractivity contribution in [2.45, 2.75) is 24.3 Å². The van der Waals surface area contributed by atoms with E-state index in [9.17, 15) is 18.0 Å². The number of hydrogen-bond donors (Lipinski definition) is 2. The standard InChI is InChI=1S/C18H20N2O5S/c1-2-17(19-13-21)18(22)12-20-26(23,24)16-10-8-15(9-11-16)25-14-6-4-3-5-7-14/h3-11,13,17,20H,2,12H2,1H3,(H,19,21)/t17-/m0/s1. The number of sulfonamides is 1. The first-order chi connectivity index (χ1) is 12.5. The van der Waals surface area contributed by atoms with Gasteiger partial charge in [-0.3, -0.25) is 9.59 Å². The van der Waals surface area contributed by atoms with E-state index in [4.69, 9.17) is 4.74 Å². The number of ether oxygens (including phenoxy) is 1. The number of nitrogens with one attached hydrogen (secondary N) is 2. The number of rotatable bonds is 10. The number of hydrogen-bond acceptors (Lipinski definition) is 5. The molecule has 0 aliphatic carbocycles. The van der Waals surface area contributed by atoms with Gasteiger partial charge in [0.1, 0.15) is 11.5 Å². The normalized spacial score (nSPS) is 12.2. The molecule has 0 radical (unpaired) electrons. The molecule has 26 heavy (non-hydrogen) atoms. The van der Waals surface area contributed by atoms with E-state index >= 15 is 0 Å². The second-order valence-corrected chi connectivity index (χ2v) is 7.19. The first-order valence-electron chi connectivity index (χ1n) is 8.01. The lowest BCUT2D eigenvalue weighted by Gasteiger charge is -2.13. The summed E-state index contributed by atoms with van der Waals surface area (Å²) in [4.78, 5) is 22.4. The molecule has 0 unspecified atom stereocenters. The molecule has 1 atom stereocenters. The molecular weight excluding hydrogens is 356 g/mol. The predicted molar refractivity (Wildman–Crippen MR) is 96.4 cm³/mol. The predicted octanol–water partition coefficient (Wildman–Crippen LogP) is 1.85. The van der Waals surface area contributed by atoms with Gasteiger partial charge < -0.3 is 10.1 Å². The van der Waals surface area contributed by atoms with E-state index in [1.54, 1.807) is 19.1 Å². The molecule has 0 heterocycles. The number of amides is 1.